The summed E-state index contributed by atoms with van der Waals surface area (Å²) in [6.07, 6.45) is 0. The van der Waals surface area contributed by atoms with Crippen LogP contribution in [-0.2, 0) is 13.1 Å². The number of aromatic nitrogens is 2. The Bertz CT molecular complexity index is 909. The summed E-state index contributed by atoms with van der Waals surface area (Å²) < 4.78 is 2.21. The molecule has 0 aliphatic rings. The van der Waals surface area contributed by atoms with Gasteiger partial charge in [-0.05, 0) is 43.5 Å². The third kappa shape index (κ3) is 3.73. The lowest BCUT2D eigenvalue weighted by atomic mass is 10.1. The molecule has 1 amide bonds. The van der Waals surface area contributed by atoms with Gasteiger partial charge in [-0.3, -0.25) is 4.79 Å². The smallest absolute Gasteiger partial charge is 0.251 e. The molecule has 0 aliphatic carbocycles. The molecule has 1 heterocycles. The predicted octanol–water partition coefficient (Wildman–Crippen LogP) is 4.24. The quantitative estimate of drug-likeness (QED) is 0.758. The van der Waals surface area contributed by atoms with Gasteiger partial charge in [0.05, 0.1) is 17.6 Å². The first-order chi connectivity index (χ1) is 12.0. The maximum absolute atomic E-state index is 12.6. The molecule has 0 spiro atoms. The van der Waals surface area contributed by atoms with Crippen molar-refractivity contribution in [2.24, 2.45) is 5.92 Å². The highest BCUT2D eigenvalue weighted by Gasteiger charge is 2.14. The molecule has 3 aromatic rings. The lowest BCUT2D eigenvalue weighted by molar-refractivity contribution is 0.0949. The highest BCUT2D eigenvalue weighted by Crippen LogP contribution is 2.18. The summed E-state index contributed by atoms with van der Waals surface area (Å²) in [6.45, 7) is 9.68. The van der Waals surface area contributed by atoms with Crippen LogP contribution in [0.2, 0.25) is 0 Å². The van der Waals surface area contributed by atoms with Crippen LogP contribution >= 0.6 is 0 Å². The fourth-order valence-electron chi connectivity index (χ4n) is 3.15. The van der Waals surface area contributed by atoms with E-state index in [0.29, 0.717) is 12.5 Å². The molecule has 2 aromatic carbocycles. The number of rotatable bonds is 5. The molecule has 0 fully saturated rings. The Morgan fingerprint density at radius 2 is 1.92 bits per heavy atom. The summed E-state index contributed by atoms with van der Waals surface area (Å²) in [4.78, 5) is 17.3. The summed E-state index contributed by atoms with van der Waals surface area (Å²) in [5.41, 5.74) is 4.96. The summed E-state index contributed by atoms with van der Waals surface area (Å²) in [5, 5.41) is 3.03. The molecule has 3 rings (SSSR count). The SMILES string of the molecule is Cc1ccc(C(=O)NCc2nc3ccccc3n2CC(C)C)c(C)c1. The second kappa shape index (κ2) is 7.09. The number of aryl methyl sites for hydroxylation is 2. The summed E-state index contributed by atoms with van der Waals surface area (Å²) >= 11 is 0. The van der Waals surface area contributed by atoms with E-state index in [-0.39, 0.29) is 5.91 Å². The van der Waals surface area contributed by atoms with Crippen molar-refractivity contribution in [2.75, 3.05) is 0 Å². The Morgan fingerprint density at radius 3 is 2.64 bits per heavy atom. The minimum atomic E-state index is -0.0550. The summed E-state index contributed by atoms with van der Waals surface area (Å²) in [5.74, 6) is 1.35. The topological polar surface area (TPSA) is 46.9 Å². The van der Waals surface area contributed by atoms with Gasteiger partial charge < -0.3 is 9.88 Å². The number of nitrogens with zero attached hydrogens (tertiary/aromatic N) is 2. The van der Waals surface area contributed by atoms with Gasteiger partial charge in [-0.25, -0.2) is 4.98 Å². The van der Waals surface area contributed by atoms with Crippen molar-refractivity contribution < 1.29 is 4.79 Å². The Balaban J connectivity index is 1.84. The van der Waals surface area contributed by atoms with E-state index >= 15 is 0 Å². The molecule has 130 valence electrons. The van der Waals surface area contributed by atoms with E-state index in [0.717, 1.165) is 40.1 Å². The first-order valence-corrected chi connectivity index (χ1v) is 8.75. The van der Waals surface area contributed by atoms with Crippen LogP contribution < -0.4 is 5.32 Å². The largest absolute Gasteiger partial charge is 0.345 e. The Hall–Kier alpha value is -2.62. The fourth-order valence-corrected chi connectivity index (χ4v) is 3.15. The number of para-hydroxylation sites is 2. The van der Waals surface area contributed by atoms with Crippen LogP contribution in [-0.4, -0.2) is 15.5 Å². The standard InChI is InChI=1S/C21H25N3O/c1-14(2)13-24-19-8-6-5-7-18(19)23-20(24)12-22-21(25)17-10-9-15(3)11-16(17)4/h5-11,14H,12-13H2,1-4H3,(H,22,25). The van der Waals surface area contributed by atoms with Crippen molar-refractivity contribution in [2.45, 2.75) is 40.8 Å². The number of carbonyl (C=O) groups excluding carboxylic acids is 1. The predicted molar refractivity (Wildman–Crippen MR) is 102 cm³/mol. The van der Waals surface area contributed by atoms with Crippen molar-refractivity contribution in [1.82, 2.24) is 14.9 Å². The van der Waals surface area contributed by atoms with E-state index in [1.807, 2.05) is 50.2 Å². The Labute approximate surface area is 148 Å². The minimum Gasteiger partial charge on any atom is -0.345 e. The molecular weight excluding hydrogens is 310 g/mol. The molecule has 1 N–H and O–H groups in total. The summed E-state index contributed by atoms with van der Waals surface area (Å²) in [7, 11) is 0. The van der Waals surface area contributed by atoms with Gasteiger partial charge >= 0.3 is 0 Å². The van der Waals surface area contributed by atoms with Gasteiger partial charge in [-0.2, -0.15) is 0 Å². The Morgan fingerprint density at radius 1 is 1.16 bits per heavy atom. The lowest BCUT2D eigenvalue weighted by Gasteiger charge is -2.13. The molecule has 0 unspecified atom stereocenters. The highest BCUT2D eigenvalue weighted by molar-refractivity contribution is 5.95. The first-order valence-electron chi connectivity index (χ1n) is 8.75. The van der Waals surface area contributed by atoms with Crippen molar-refractivity contribution in [3.8, 4) is 0 Å². The van der Waals surface area contributed by atoms with Crippen LogP contribution in [0.5, 0.6) is 0 Å². The molecule has 4 heteroatoms. The van der Waals surface area contributed by atoms with E-state index < -0.39 is 0 Å². The van der Waals surface area contributed by atoms with Gasteiger partial charge in [-0.1, -0.05) is 43.7 Å². The average Bonchev–Trinajstić information content (AvgIpc) is 2.90. The average molecular weight is 335 g/mol. The van der Waals surface area contributed by atoms with Crippen molar-refractivity contribution in [3.05, 3.63) is 65.0 Å². The van der Waals surface area contributed by atoms with Gasteiger partial charge in [0.25, 0.3) is 5.91 Å². The van der Waals surface area contributed by atoms with Crippen LogP contribution in [0.25, 0.3) is 11.0 Å². The summed E-state index contributed by atoms with van der Waals surface area (Å²) in [6, 6.07) is 14.0. The van der Waals surface area contributed by atoms with Crippen LogP contribution in [0.4, 0.5) is 0 Å². The van der Waals surface area contributed by atoms with E-state index in [1.165, 1.54) is 0 Å². The number of fused-ring (bicyclic) bond motifs is 1. The lowest BCUT2D eigenvalue weighted by Crippen LogP contribution is -2.25. The number of imidazole rings is 1. The van der Waals surface area contributed by atoms with Crippen molar-refractivity contribution in [3.63, 3.8) is 0 Å². The molecule has 1 aromatic heterocycles. The Kier molecular flexibility index (Phi) is 4.88. The maximum Gasteiger partial charge on any atom is 0.251 e. The van der Waals surface area contributed by atoms with Gasteiger partial charge in [0.1, 0.15) is 5.82 Å². The highest BCUT2D eigenvalue weighted by atomic mass is 16.1. The monoisotopic (exact) mass is 335 g/mol. The molecule has 0 bridgehead atoms. The minimum absolute atomic E-state index is 0.0550. The van der Waals surface area contributed by atoms with Gasteiger partial charge in [0.2, 0.25) is 0 Å². The second-order valence-corrected chi connectivity index (χ2v) is 7.02. The van der Waals surface area contributed by atoms with Crippen LogP contribution in [0.3, 0.4) is 0 Å². The van der Waals surface area contributed by atoms with E-state index in [1.54, 1.807) is 0 Å². The molecule has 0 saturated carbocycles. The van der Waals surface area contributed by atoms with Crippen molar-refractivity contribution >= 4 is 16.9 Å². The number of amides is 1. The maximum atomic E-state index is 12.6. The number of hydrogen-bond acceptors (Lipinski definition) is 2. The number of nitrogens with one attached hydrogen (secondary N) is 1. The van der Waals surface area contributed by atoms with Gasteiger partial charge in [-0.15, -0.1) is 0 Å². The molecule has 25 heavy (non-hydrogen) atoms. The van der Waals surface area contributed by atoms with Gasteiger partial charge in [0.15, 0.2) is 0 Å². The molecule has 0 radical (unpaired) electrons. The van der Waals surface area contributed by atoms with Crippen LogP contribution in [0.1, 0.15) is 41.2 Å². The number of carbonyl (C=O) groups is 1. The van der Waals surface area contributed by atoms with E-state index in [2.05, 4.69) is 29.8 Å². The molecule has 0 atom stereocenters. The molecule has 0 saturated heterocycles. The van der Waals surface area contributed by atoms with E-state index in [9.17, 15) is 4.79 Å². The second-order valence-electron chi connectivity index (χ2n) is 7.02. The normalized spacial score (nSPS) is 11.2. The van der Waals surface area contributed by atoms with Crippen LogP contribution in [0.15, 0.2) is 42.5 Å². The van der Waals surface area contributed by atoms with Crippen LogP contribution in [0, 0.1) is 19.8 Å². The van der Waals surface area contributed by atoms with Crippen molar-refractivity contribution in [1.29, 1.82) is 0 Å². The molecular formula is C21H25N3O. The molecule has 0 aliphatic heterocycles. The third-order valence-corrected chi connectivity index (χ3v) is 4.31. The van der Waals surface area contributed by atoms with Gasteiger partial charge in [0, 0.05) is 12.1 Å². The van der Waals surface area contributed by atoms with E-state index in [4.69, 9.17) is 4.98 Å². The number of hydrogen-bond donors (Lipinski definition) is 1. The zero-order valence-electron chi connectivity index (χ0n) is 15.3. The number of benzene rings is 2. The zero-order valence-corrected chi connectivity index (χ0v) is 15.3. The molecule has 4 nitrogen and oxygen atoms in total. The fraction of sp³-hybridized carbons (Fsp3) is 0.333. The zero-order chi connectivity index (χ0) is 18.0. The first kappa shape index (κ1) is 17.2. The third-order valence-electron chi connectivity index (χ3n) is 4.31.